The van der Waals surface area contributed by atoms with Crippen molar-refractivity contribution in [2.45, 2.75) is 25.7 Å². The number of para-hydroxylation sites is 1. The van der Waals surface area contributed by atoms with Gasteiger partial charge in [-0.15, -0.1) is 0 Å². The van der Waals surface area contributed by atoms with E-state index in [0.29, 0.717) is 12.2 Å². The molecule has 2 aromatic carbocycles. The van der Waals surface area contributed by atoms with Crippen LogP contribution in [0.5, 0.6) is 0 Å². The van der Waals surface area contributed by atoms with Gasteiger partial charge in [-0.05, 0) is 37.5 Å². The Balaban J connectivity index is 1.92. The largest absolute Gasteiger partial charge is 0.308 e. The van der Waals surface area contributed by atoms with Crippen molar-refractivity contribution in [1.82, 2.24) is 0 Å². The van der Waals surface area contributed by atoms with Crippen LogP contribution in [0.25, 0.3) is 0 Å². The average molecular weight is 283 g/mol. The second-order valence-corrected chi connectivity index (χ2v) is 5.95. The topological polar surface area (TPSA) is 20.3 Å². The lowest BCUT2D eigenvalue weighted by Gasteiger charge is -2.20. The third kappa shape index (κ3) is 2.23. The van der Waals surface area contributed by atoms with Crippen LogP contribution >= 0.6 is 0 Å². The summed E-state index contributed by atoms with van der Waals surface area (Å²) in [5.41, 5.74) is 1.71. The molecule has 0 spiro atoms. The number of rotatable bonds is 3. The number of amides is 1. The maximum Gasteiger partial charge on any atom is 0.237 e. The second-order valence-electron chi connectivity index (χ2n) is 5.95. The van der Waals surface area contributed by atoms with E-state index in [4.69, 9.17) is 0 Å². The zero-order valence-corrected chi connectivity index (χ0v) is 12.3. The molecule has 0 unspecified atom stereocenters. The second kappa shape index (κ2) is 4.99. The van der Waals surface area contributed by atoms with Gasteiger partial charge in [0.15, 0.2) is 0 Å². The smallest absolute Gasteiger partial charge is 0.237 e. The van der Waals surface area contributed by atoms with Crippen molar-refractivity contribution < 1.29 is 9.18 Å². The van der Waals surface area contributed by atoms with Crippen molar-refractivity contribution >= 4 is 11.6 Å². The molecule has 0 N–H and O–H groups in total. The first kappa shape index (κ1) is 13.8. The van der Waals surface area contributed by atoms with Crippen LogP contribution < -0.4 is 4.90 Å². The minimum atomic E-state index is -0.659. The molecular weight excluding hydrogens is 265 g/mol. The third-order valence-electron chi connectivity index (χ3n) is 4.18. The van der Waals surface area contributed by atoms with Crippen LogP contribution in [0.2, 0.25) is 0 Å². The molecule has 0 radical (unpaired) electrons. The van der Waals surface area contributed by atoms with E-state index in [1.807, 2.05) is 50.2 Å². The number of benzene rings is 2. The van der Waals surface area contributed by atoms with E-state index in [-0.39, 0.29) is 11.7 Å². The lowest BCUT2D eigenvalue weighted by atomic mass is 9.86. The Morgan fingerprint density at radius 2 is 1.76 bits per heavy atom. The Morgan fingerprint density at radius 1 is 1.05 bits per heavy atom. The van der Waals surface area contributed by atoms with E-state index in [2.05, 4.69) is 0 Å². The van der Waals surface area contributed by atoms with Gasteiger partial charge >= 0.3 is 0 Å². The summed E-state index contributed by atoms with van der Waals surface area (Å²) >= 11 is 0. The average Bonchev–Trinajstić information content (AvgIpc) is 2.68. The van der Waals surface area contributed by atoms with E-state index in [1.54, 1.807) is 11.0 Å². The predicted octanol–water partition coefficient (Wildman–Crippen LogP) is 3.69. The molecule has 1 aliphatic heterocycles. The summed E-state index contributed by atoms with van der Waals surface area (Å²) in [5, 5.41) is 0. The molecule has 1 heterocycles. The number of anilines is 1. The van der Waals surface area contributed by atoms with Crippen LogP contribution in [0.4, 0.5) is 10.1 Å². The first-order chi connectivity index (χ1) is 10.0. The van der Waals surface area contributed by atoms with Gasteiger partial charge in [0.2, 0.25) is 5.91 Å². The molecular formula is C18H18FNO. The number of nitrogens with zero attached hydrogens (tertiary/aromatic N) is 1. The highest BCUT2D eigenvalue weighted by Crippen LogP contribution is 2.42. The highest BCUT2D eigenvalue weighted by molar-refractivity contribution is 6.07. The van der Waals surface area contributed by atoms with E-state index < -0.39 is 5.41 Å². The minimum Gasteiger partial charge on any atom is -0.308 e. The van der Waals surface area contributed by atoms with Crippen LogP contribution in [0.15, 0.2) is 48.5 Å². The summed E-state index contributed by atoms with van der Waals surface area (Å²) in [7, 11) is 0. The normalized spacial score (nSPS) is 16.1. The summed E-state index contributed by atoms with van der Waals surface area (Å²) in [5.74, 6) is -0.349. The van der Waals surface area contributed by atoms with Gasteiger partial charge in [-0.3, -0.25) is 4.79 Å². The van der Waals surface area contributed by atoms with Gasteiger partial charge in [0.05, 0.1) is 11.1 Å². The number of carbonyl (C=O) groups is 1. The lowest BCUT2D eigenvalue weighted by molar-refractivity contribution is -0.122. The highest BCUT2D eigenvalue weighted by Gasteiger charge is 2.44. The molecule has 0 saturated carbocycles. The van der Waals surface area contributed by atoms with Crippen molar-refractivity contribution in [3.63, 3.8) is 0 Å². The number of hydrogen-bond donors (Lipinski definition) is 0. The summed E-state index contributed by atoms with van der Waals surface area (Å²) in [6, 6.07) is 14.9. The quantitative estimate of drug-likeness (QED) is 0.841. The van der Waals surface area contributed by atoms with Gasteiger partial charge < -0.3 is 4.90 Å². The van der Waals surface area contributed by atoms with Gasteiger partial charge in [-0.2, -0.15) is 0 Å². The highest BCUT2D eigenvalue weighted by atomic mass is 19.1. The minimum absolute atomic E-state index is 0.0291. The molecule has 2 aromatic rings. The fourth-order valence-corrected chi connectivity index (χ4v) is 2.95. The molecule has 0 saturated heterocycles. The molecule has 108 valence electrons. The Morgan fingerprint density at radius 3 is 2.48 bits per heavy atom. The molecule has 1 amide bonds. The zero-order chi connectivity index (χ0) is 15.0. The Labute approximate surface area is 124 Å². The van der Waals surface area contributed by atoms with Crippen LogP contribution in [0, 0.1) is 5.82 Å². The van der Waals surface area contributed by atoms with Gasteiger partial charge in [-0.1, -0.05) is 42.5 Å². The zero-order valence-electron chi connectivity index (χ0n) is 12.3. The molecule has 1 aliphatic rings. The Kier molecular flexibility index (Phi) is 3.28. The van der Waals surface area contributed by atoms with Gasteiger partial charge in [0, 0.05) is 6.54 Å². The number of carbonyl (C=O) groups excluding carboxylic acids is 1. The van der Waals surface area contributed by atoms with E-state index >= 15 is 0 Å². The molecule has 0 aromatic heterocycles. The fourth-order valence-electron chi connectivity index (χ4n) is 2.95. The SMILES string of the molecule is CC1(C)C(=O)N(CCc2ccccc2)c2c(F)cccc21. The lowest BCUT2D eigenvalue weighted by Crippen LogP contribution is -2.37. The van der Waals surface area contributed by atoms with Gasteiger partial charge in [0.25, 0.3) is 0 Å². The van der Waals surface area contributed by atoms with Crippen molar-refractivity contribution in [3.05, 3.63) is 65.5 Å². The number of hydrogen-bond acceptors (Lipinski definition) is 1. The summed E-state index contributed by atoms with van der Waals surface area (Å²) in [4.78, 5) is 14.2. The van der Waals surface area contributed by atoms with E-state index in [0.717, 1.165) is 17.5 Å². The maximum absolute atomic E-state index is 14.2. The van der Waals surface area contributed by atoms with Crippen LogP contribution in [0.3, 0.4) is 0 Å². The Bertz CT molecular complexity index is 679. The number of halogens is 1. The fraction of sp³-hybridized carbons (Fsp3) is 0.278. The van der Waals surface area contributed by atoms with Crippen molar-refractivity contribution in [1.29, 1.82) is 0 Å². The van der Waals surface area contributed by atoms with Gasteiger partial charge in [0.1, 0.15) is 5.82 Å². The van der Waals surface area contributed by atoms with Crippen LogP contribution in [-0.2, 0) is 16.6 Å². The Hall–Kier alpha value is -2.16. The maximum atomic E-state index is 14.2. The first-order valence-corrected chi connectivity index (χ1v) is 7.16. The van der Waals surface area contributed by atoms with Crippen LogP contribution in [0.1, 0.15) is 25.0 Å². The molecule has 0 aliphatic carbocycles. The van der Waals surface area contributed by atoms with Crippen molar-refractivity contribution in [2.24, 2.45) is 0 Å². The molecule has 0 atom stereocenters. The van der Waals surface area contributed by atoms with E-state index in [9.17, 15) is 9.18 Å². The monoisotopic (exact) mass is 283 g/mol. The standard InChI is InChI=1S/C18H18FNO/c1-18(2)14-9-6-10-15(19)16(14)20(17(18)21)12-11-13-7-4-3-5-8-13/h3-10H,11-12H2,1-2H3. The molecule has 3 heteroatoms. The van der Waals surface area contributed by atoms with Crippen LogP contribution in [-0.4, -0.2) is 12.5 Å². The molecule has 0 fully saturated rings. The molecule has 21 heavy (non-hydrogen) atoms. The third-order valence-corrected chi connectivity index (χ3v) is 4.18. The summed E-state index contributed by atoms with van der Waals surface area (Å²) in [6.07, 6.45) is 0.719. The van der Waals surface area contributed by atoms with Crippen molar-refractivity contribution in [2.75, 3.05) is 11.4 Å². The first-order valence-electron chi connectivity index (χ1n) is 7.16. The van der Waals surface area contributed by atoms with Crippen molar-refractivity contribution in [3.8, 4) is 0 Å². The molecule has 3 rings (SSSR count). The molecule has 2 nitrogen and oxygen atoms in total. The number of fused-ring (bicyclic) bond motifs is 1. The predicted molar refractivity (Wildman–Crippen MR) is 81.9 cm³/mol. The van der Waals surface area contributed by atoms with E-state index in [1.165, 1.54) is 6.07 Å². The molecule has 0 bridgehead atoms. The van der Waals surface area contributed by atoms with Gasteiger partial charge in [-0.25, -0.2) is 4.39 Å². The summed E-state index contributed by atoms with van der Waals surface area (Å²) < 4.78 is 14.2. The summed E-state index contributed by atoms with van der Waals surface area (Å²) in [6.45, 7) is 4.21.